The molecule has 1 N–H and O–H groups in total. The molecular formula is C13H14ClN3O. The SMILES string of the molecule is COc1ccc(Cl)cc1CNc1cc(C)ncn1. The lowest BCUT2D eigenvalue weighted by atomic mass is 10.2. The number of aromatic nitrogens is 2. The zero-order valence-corrected chi connectivity index (χ0v) is 11.0. The number of hydrogen-bond acceptors (Lipinski definition) is 4. The second-order valence-electron chi connectivity index (χ2n) is 3.85. The van der Waals surface area contributed by atoms with E-state index in [1.807, 2.05) is 25.1 Å². The molecule has 1 aromatic heterocycles. The van der Waals surface area contributed by atoms with E-state index in [-0.39, 0.29) is 0 Å². The third-order valence-corrected chi connectivity index (χ3v) is 2.74. The van der Waals surface area contributed by atoms with Gasteiger partial charge in [-0.3, -0.25) is 0 Å². The number of nitrogens with one attached hydrogen (secondary N) is 1. The molecule has 0 unspecified atom stereocenters. The summed E-state index contributed by atoms with van der Waals surface area (Å²) in [5, 5.41) is 3.90. The maximum Gasteiger partial charge on any atom is 0.129 e. The molecule has 0 spiro atoms. The molecule has 0 radical (unpaired) electrons. The highest BCUT2D eigenvalue weighted by molar-refractivity contribution is 6.30. The molecule has 0 fully saturated rings. The monoisotopic (exact) mass is 263 g/mol. The molecule has 0 amide bonds. The van der Waals surface area contributed by atoms with E-state index in [0.717, 1.165) is 22.8 Å². The maximum atomic E-state index is 5.97. The van der Waals surface area contributed by atoms with E-state index in [1.165, 1.54) is 6.33 Å². The van der Waals surface area contributed by atoms with Gasteiger partial charge >= 0.3 is 0 Å². The first kappa shape index (κ1) is 12.6. The van der Waals surface area contributed by atoms with Gasteiger partial charge in [0, 0.05) is 28.9 Å². The molecule has 0 saturated heterocycles. The summed E-state index contributed by atoms with van der Waals surface area (Å²) in [4.78, 5) is 8.18. The maximum absolute atomic E-state index is 5.97. The Labute approximate surface area is 111 Å². The van der Waals surface area contributed by atoms with E-state index in [2.05, 4.69) is 15.3 Å². The van der Waals surface area contributed by atoms with Crippen molar-refractivity contribution in [1.82, 2.24) is 9.97 Å². The van der Waals surface area contributed by atoms with Crippen molar-refractivity contribution in [2.24, 2.45) is 0 Å². The number of anilines is 1. The molecule has 5 heteroatoms. The minimum Gasteiger partial charge on any atom is -0.496 e. The summed E-state index contributed by atoms with van der Waals surface area (Å²) in [6.07, 6.45) is 1.53. The van der Waals surface area contributed by atoms with Crippen molar-refractivity contribution < 1.29 is 4.74 Å². The summed E-state index contributed by atoms with van der Waals surface area (Å²) in [6.45, 7) is 2.52. The number of rotatable bonds is 4. The van der Waals surface area contributed by atoms with E-state index in [0.29, 0.717) is 11.6 Å². The summed E-state index contributed by atoms with van der Waals surface area (Å²) in [7, 11) is 1.64. The first-order valence-corrected chi connectivity index (χ1v) is 5.92. The Morgan fingerprint density at radius 2 is 2.11 bits per heavy atom. The summed E-state index contributed by atoms with van der Waals surface area (Å²) in [5.41, 5.74) is 1.91. The zero-order valence-electron chi connectivity index (χ0n) is 10.3. The van der Waals surface area contributed by atoms with Gasteiger partial charge in [0.05, 0.1) is 7.11 Å². The van der Waals surface area contributed by atoms with Gasteiger partial charge in [-0.25, -0.2) is 9.97 Å². The number of nitrogens with zero attached hydrogens (tertiary/aromatic N) is 2. The van der Waals surface area contributed by atoms with Gasteiger partial charge in [0.1, 0.15) is 17.9 Å². The van der Waals surface area contributed by atoms with Crippen molar-refractivity contribution in [3.05, 3.63) is 46.9 Å². The predicted molar refractivity (Wildman–Crippen MR) is 72.1 cm³/mol. The van der Waals surface area contributed by atoms with Gasteiger partial charge in [-0.2, -0.15) is 0 Å². The van der Waals surface area contributed by atoms with Crippen molar-refractivity contribution in [2.45, 2.75) is 13.5 Å². The second-order valence-corrected chi connectivity index (χ2v) is 4.29. The first-order chi connectivity index (χ1) is 8.69. The molecule has 2 rings (SSSR count). The molecule has 1 heterocycles. The number of ether oxygens (including phenoxy) is 1. The summed E-state index contributed by atoms with van der Waals surface area (Å²) < 4.78 is 5.28. The van der Waals surface area contributed by atoms with Gasteiger partial charge in [-0.05, 0) is 25.1 Å². The van der Waals surface area contributed by atoms with E-state index >= 15 is 0 Å². The van der Waals surface area contributed by atoms with Gasteiger partial charge in [-0.15, -0.1) is 0 Å². The fourth-order valence-corrected chi connectivity index (χ4v) is 1.82. The van der Waals surface area contributed by atoms with Crippen molar-refractivity contribution in [3.8, 4) is 5.75 Å². The fraction of sp³-hybridized carbons (Fsp3) is 0.231. The Balaban J connectivity index is 2.12. The number of methoxy groups -OCH3 is 1. The third kappa shape index (κ3) is 3.11. The van der Waals surface area contributed by atoms with E-state index in [1.54, 1.807) is 13.2 Å². The molecule has 0 atom stereocenters. The summed E-state index contributed by atoms with van der Waals surface area (Å²) in [6, 6.07) is 7.42. The zero-order chi connectivity index (χ0) is 13.0. The smallest absolute Gasteiger partial charge is 0.129 e. The second kappa shape index (κ2) is 5.69. The standard InChI is InChI=1S/C13H14ClN3O/c1-9-5-13(17-8-16-9)15-7-10-6-11(14)3-4-12(10)18-2/h3-6,8H,7H2,1-2H3,(H,15,16,17). The van der Waals surface area contributed by atoms with Crippen LogP contribution >= 0.6 is 11.6 Å². The molecule has 0 bridgehead atoms. The Morgan fingerprint density at radius 3 is 2.83 bits per heavy atom. The van der Waals surface area contributed by atoms with Crippen LogP contribution < -0.4 is 10.1 Å². The van der Waals surface area contributed by atoms with Gasteiger partial charge < -0.3 is 10.1 Å². The molecule has 0 aliphatic heterocycles. The fourth-order valence-electron chi connectivity index (χ4n) is 1.62. The summed E-state index contributed by atoms with van der Waals surface area (Å²) in [5.74, 6) is 1.59. The van der Waals surface area contributed by atoms with Gasteiger partial charge in [0.25, 0.3) is 0 Å². The van der Waals surface area contributed by atoms with Crippen molar-refractivity contribution >= 4 is 17.4 Å². The van der Waals surface area contributed by atoms with E-state index < -0.39 is 0 Å². The van der Waals surface area contributed by atoms with Crippen LogP contribution in [0.5, 0.6) is 5.75 Å². The average molecular weight is 264 g/mol. The largest absolute Gasteiger partial charge is 0.496 e. The normalized spacial score (nSPS) is 10.2. The average Bonchev–Trinajstić information content (AvgIpc) is 2.37. The van der Waals surface area contributed by atoms with Gasteiger partial charge in [0.15, 0.2) is 0 Å². The lowest BCUT2D eigenvalue weighted by Crippen LogP contribution is -2.03. The Hall–Kier alpha value is -1.81. The lowest BCUT2D eigenvalue weighted by Gasteiger charge is -2.10. The van der Waals surface area contributed by atoms with Crippen LogP contribution in [0.3, 0.4) is 0 Å². The molecule has 2 aromatic rings. The highest BCUT2D eigenvalue weighted by Crippen LogP contribution is 2.23. The molecule has 0 aliphatic rings. The predicted octanol–water partition coefficient (Wildman–Crippen LogP) is 3.06. The van der Waals surface area contributed by atoms with E-state index in [4.69, 9.17) is 16.3 Å². The number of aryl methyl sites for hydroxylation is 1. The molecule has 0 saturated carbocycles. The van der Waals surface area contributed by atoms with Crippen LogP contribution in [0.15, 0.2) is 30.6 Å². The summed E-state index contributed by atoms with van der Waals surface area (Å²) >= 11 is 5.97. The highest BCUT2D eigenvalue weighted by Gasteiger charge is 2.04. The number of hydrogen-bond donors (Lipinski definition) is 1. The van der Waals surface area contributed by atoms with Crippen molar-refractivity contribution in [1.29, 1.82) is 0 Å². The quantitative estimate of drug-likeness (QED) is 0.921. The molecule has 0 aliphatic carbocycles. The van der Waals surface area contributed by atoms with Crippen LogP contribution in [0.25, 0.3) is 0 Å². The van der Waals surface area contributed by atoms with Crippen LogP contribution in [-0.4, -0.2) is 17.1 Å². The van der Waals surface area contributed by atoms with Crippen LogP contribution in [-0.2, 0) is 6.54 Å². The molecule has 4 nitrogen and oxygen atoms in total. The topological polar surface area (TPSA) is 47.0 Å². The minimum absolute atomic E-state index is 0.597. The highest BCUT2D eigenvalue weighted by atomic mass is 35.5. The Kier molecular flexibility index (Phi) is 3.99. The molecule has 18 heavy (non-hydrogen) atoms. The van der Waals surface area contributed by atoms with Crippen LogP contribution in [0, 0.1) is 6.92 Å². The number of benzene rings is 1. The molecule has 1 aromatic carbocycles. The van der Waals surface area contributed by atoms with Crippen molar-refractivity contribution in [3.63, 3.8) is 0 Å². The first-order valence-electron chi connectivity index (χ1n) is 5.54. The minimum atomic E-state index is 0.597. The van der Waals surface area contributed by atoms with Crippen LogP contribution in [0.4, 0.5) is 5.82 Å². The molecule has 94 valence electrons. The van der Waals surface area contributed by atoms with Crippen LogP contribution in [0.2, 0.25) is 5.02 Å². The van der Waals surface area contributed by atoms with Crippen molar-refractivity contribution in [2.75, 3.05) is 12.4 Å². The number of halogens is 1. The Bertz CT molecular complexity index is 546. The molecular weight excluding hydrogens is 250 g/mol. The van der Waals surface area contributed by atoms with Gasteiger partial charge in [-0.1, -0.05) is 11.6 Å². The van der Waals surface area contributed by atoms with E-state index in [9.17, 15) is 0 Å². The lowest BCUT2D eigenvalue weighted by molar-refractivity contribution is 0.410. The third-order valence-electron chi connectivity index (χ3n) is 2.51. The Morgan fingerprint density at radius 1 is 1.28 bits per heavy atom. The van der Waals surface area contributed by atoms with Crippen LogP contribution in [0.1, 0.15) is 11.3 Å². The van der Waals surface area contributed by atoms with Gasteiger partial charge in [0.2, 0.25) is 0 Å².